The van der Waals surface area contributed by atoms with Crippen LogP contribution < -0.4 is 9.46 Å². The SMILES string of the molecule is COc1ncc(-c2ccc3ncc(F)c(C4=CCN(C(=O)OC(C)(C)C)CC4)c3c2)cc1NS(=O)(=O)c1ccc(F)cc1F. The van der Waals surface area contributed by atoms with Crippen molar-refractivity contribution in [3.63, 3.8) is 0 Å². The number of carbonyl (C=O) groups excluding carboxylic acids is 1. The molecular weight excluding hydrogens is 597 g/mol. The molecule has 2 aromatic heterocycles. The molecule has 3 heterocycles. The zero-order valence-corrected chi connectivity index (χ0v) is 25.1. The molecule has 1 aliphatic heterocycles. The summed E-state index contributed by atoms with van der Waals surface area (Å²) in [5.74, 6) is -2.80. The van der Waals surface area contributed by atoms with Crippen LogP contribution in [0.25, 0.3) is 27.6 Å². The fourth-order valence-electron chi connectivity index (χ4n) is 4.80. The number of benzene rings is 2. The highest BCUT2D eigenvalue weighted by atomic mass is 32.2. The highest BCUT2D eigenvalue weighted by Gasteiger charge is 2.26. The normalized spacial score (nSPS) is 13.9. The number of nitrogens with zero attached hydrogens (tertiary/aromatic N) is 3. The summed E-state index contributed by atoms with van der Waals surface area (Å²) in [4.78, 5) is 21.7. The molecule has 1 N–H and O–H groups in total. The lowest BCUT2D eigenvalue weighted by atomic mass is 9.94. The molecule has 44 heavy (non-hydrogen) atoms. The van der Waals surface area contributed by atoms with Crippen LogP contribution in [0, 0.1) is 17.5 Å². The molecule has 0 atom stereocenters. The second kappa shape index (κ2) is 11.8. The summed E-state index contributed by atoms with van der Waals surface area (Å²) in [6, 6.07) is 8.69. The van der Waals surface area contributed by atoms with E-state index in [2.05, 4.69) is 14.7 Å². The summed E-state index contributed by atoms with van der Waals surface area (Å²) in [7, 11) is -3.20. The van der Waals surface area contributed by atoms with E-state index in [1.165, 1.54) is 19.4 Å². The van der Waals surface area contributed by atoms with Gasteiger partial charge < -0.3 is 14.4 Å². The van der Waals surface area contributed by atoms with Gasteiger partial charge in [-0.25, -0.2) is 31.4 Å². The Morgan fingerprint density at radius 3 is 2.41 bits per heavy atom. The zero-order chi connectivity index (χ0) is 31.8. The minimum atomic E-state index is -4.49. The van der Waals surface area contributed by atoms with Crippen molar-refractivity contribution in [3.8, 4) is 17.0 Å². The molecule has 0 saturated carbocycles. The second-order valence-electron chi connectivity index (χ2n) is 11.1. The monoisotopic (exact) mass is 626 g/mol. The van der Waals surface area contributed by atoms with Crippen LogP contribution in [-0.2, 0) is 14.8 Å². The number of fused-ring (bicyclic) bond motifs is 1. The molecule has 4 aromatic rings. The molecule has 5 rings (SSSR count). The van der Waals surface area contributed by atoms with E-state index in [4.69, 9.17) is 9.47 Å². The van der Waals surface area contributed by atoms with Crippen LogP contribution in [0.1, 0.15) is 32.8 Å². The van der Waals surface area contributed by atoms with Crippen LogP contribution in [0.15, 0.2) is 65.8 Å². The van der Waals surface area contributed by atoms with Crippen LogP contribution in [0.4, 0.5) is 23.7 Å². The lowest BCUT2D eigenvalue weighted by molar-refractivity contribution is 0.0270. The maximum absolute atomic E-state index is 15.3. The zero-order valence-electron chi connectivity index (χ0n) is 24.3. The van der Waals surface area contributed by atoms with Crippen molar-refractivity contribution in [2.75, 3.05) is 24.9 Å². The molecule has 230 valence electrons. The number of sulfonamides is 1. The third kappa shape index (κ3) is 6.47. The predicted molar refractivity (Wildman–Crippen MR) is 159 cm³/mol. The molecule has 0 fully saturated rings. The van der Waals surface area contributed by atoms with Crippen LogP contribution in [0.2, 0.25) is 0 Å². The number of hydrogen-bond donors (Lipinski definition) is 1. The van der Waals surface area contributed by atoms with E-state index in [9.17, 15) is 22.0 Å². The quantitative estimate of drug-likeness (QED) is 0.259. The summed E-state index contributed by atoms with van der Waals surface area (Å²) in [6.45, 7) is 5.94. The molecule has 2 aromatic carbocycles. The first-order valence-corrected chi connectivity index (χ1v) is 15.0. The molecule has 0 saturated heterocycles. The van der Waals surface area contributed by atoms with Crippen molar-refractivity contribution in [2.24, 2.45) is 0 Å². The molecule has 0 bridgehead atoms. The third-order valence-electron chi connectivity index (χ3n) is 6.81. The van der Waals surface area contributed by atoms with Gasteiger partial charge >= 0.3 is 6.09 Å². The molecule has 0 aliphatic carbocycles. The molecule has 13 heteroatoms. The molecule has 1 aliphatic rings. The minimum Gasteiger partial charge on any atom is -0.480 e. The van der Waals surface area contributed by atoms with Crippen LogP contribution in [0.5, 0.6) is 5.88 Å². The fourth-order valence-corrected chi connectivity index (χ4v) is 5.91. The first-order chi connectivity index (χ1) is 20.8. The van der Waals surface area contributed by atoms with Crippen LogP contribution >= 0.6 is 0 Å². The van der Waals surface area contributed by atoms with Gasteiger partial charge in [0.15, 0.2) is 0 Å². The molecule has 0 radical (unpaired) electrons. The largest absolute Gasteiger partial charge is 0.480 e. The summed E-state index contributed by atoms with van der Waals surface area (Å²) in [5.41, 5.74) is 1.83. The average Bonchev–Trinajstić information content (AvgIpc) is 2.95. The fraction of sp³-hybridized carbons (Fsp3) is 0.258. The van der Waals surface area contributed by atoms with E-state index >= 15 is 4.39 Å². The minimum absolute atomic E-state index is 0.0871. The Balaban J connectivity index is 1.50. The van der Waals surface area contributed by atoms with Crippen molar-refractivity contribution in [1.82, 2.24) is 14.9 Å². The number of hydrogen-bond acceptors (Lipinski definition) is 7. The number of pyridine rings is 2. The van der Waals surface area contributed by atoms with Gasteiger partial charge in [-0.3, -0.25) is 9.71 Å². The van der Waals surface area contributed by atoms with Crippen molar-refractivity contribution in [2.45, 2.75) is 37.7 Å². The topological polar surface area (TPSA) is 111 Å². The number of nitrogens with one attached hydrogen (secondary N) is 1. The van der Waals surface area contributed by atoms with Crippen molar-refractivity contribution in [1.29, 1.82) is 0 Å². The smallest absolute Gasteiger partial charge is 0.410 e. The lowest BCUT2D eigenvalue weighted by Gasteiger charge is -2.30. The van der Waals surface area contributed by atoms with E-state index in [1.807, 2.05) is 0 Å². The van der Waals surface area contributed by atoms with E-state index in [0.29, 0.717) is 52.2 Å². The molecular formula is C31H29F3N4O5S. The van der Waals surface area contributed by atoms with Gasteiger partial charge in [0.1, 0.15) is 33.6 Å². The van der Waals surface area contributed by atoms with Crippen molar-refractivity contribution < 1.29 is 35.9 Å². The van der Waals surface area contributed by atoms with Gasteiger partial charge in [-0.15, -0.1) is 0 Å². The Morgan fingerprint density at radius 2 is 1.75 bits per heavy atom. The number of carbonyl (C=O) groups is 1. The number of halogens is 3. The molecule has 0 unspecified atom stereocenters. The summed E-state index contributed by atoms with van der Waals surface area (Å²) in [6.07, 6.45) is 4.32. The highest BCUT2D eigenvalue weighted by molar-refractivity contribution is 7.92. The van der Waals surface area contributed by atoms with Gasteiger partial charge in [-0.1, -0.05) is 12.1 Å². The van der Waals surface area contributed by atoms with Gasteiger partial charge in [0, 0.05) is 41.9 Å². The Bertz CT molecular complexity index is 1910. The molecule has 9 nitrogen and oxygen atoms in total. The molecule has 0 spiro atoms. The summed E-state index contributed by atoms with van der Waals surface area (Å²) < 4.78 is 81.8. The van der Waals surface area contributed by atoms with Gasteiger partial charge in [-0.05, 0) is 68.7 Å². The number of ether oxygens (including phenoxy) is 2. The third-order valence-corrected chi connectivity index (χ3v) is 8.21. The number of anilines is 1. The number of amides is 1. The van der Waals surface area contributed by atoms with Gasteiger partial charge in [-0.2, -0.15) is 0 Å². The van der Waals surface area contributed by atoms with E-state index in [-0.39, 0.29) is 18.1 Å². The van der Waals surface area contributed by atoms with Gasteiger partial charge in [0.05, 0.1) is 18.8 Å². The number of rotatable bonds is 6. The van der Waals surface area contributed by atoms with E-state index in [1.54, 1.807) is 49.9 Å². The Hall–Kier alpha value is -4.65. The maximum atomic E-state index is 15.3. The van der Waals surface area contributed by atoms with Gasteiger partial charge in [0.2, 0.25) is 5.88 Å². The lowest BCUT2D eigenvalue weighted by Crippen LogP contribution is -2.39. The van der Waals surface area contributed by atoms with Crippen molar-refractivity contribution in [3.05, 3.63) is 83.9 Å². The Kier molecular flexibility index (Phi) is 8.25. The second-order valence-corrected chi connectivity index (χ2v) is 12.7. The maximum Gasteiger partial charge on any atom is 0.410 e. The van der Waals surface area contributed by atoms with E-state index < -0.39 is 44.1 Å². The standard InChI is InChI=1S/C31H29F3N4O5S/c1-31(2,3)43-30(39)38-11-9-18(10-12-38)28-22-13-19(5-7-25(22)35-17-24(28)34)20-14-26(29(42-4)36-16-20)37-44(40,41)27-8-6-21(32)15-23(27)33/h5-9,13-17,37H,10-12H2,1-4H3. The van der Waals surface area contributed by atoms with Crippen LogP contribution in [-0.4, -0.2) is 55.2 Å². The number of methoxy groups -OCH3 is 1. The average molecular weight is 627 g/mol. The highest BCUT2D eigenvalue weighted by Crippen LogP contribution is 2.35. The first kappa shape index (κ1) is 30.8. The predicted octanol–water partition coefficient (Wildman–Crippen LogP) is 6.55. The summed E-state index contributed by atoms with van der Waals surface area (Å²) in [5, 5.41) is 0.505. The van der Waals surface area contributed by atoms with E-state index in [0.717, 1.165) is 18.3 Å². The van der Waals surface area contributed by atoms with Crippen molar-refractivity contribution >= 4 is 38.3 Å². The van der Waals surface area contributed by atoms with Crippen LogP contribution in [0.3, 0.4) is 0 Å². The summed E-state index contributed by atoms with van der Waals surface area (Å²) >= 11 is 0. The number of aromatic nitrogens is 2. The first-order valence-electron chi connectivity index (χ1n) is 13.5. The Labute approximate surface area is 252 Å². The molecule has 1 amide bonds. The van der Waals surface area contributed by atoms with Gasteiger partial charge in [0.25, 0.3) is 10.0 Å². The Morgan fingerprint density at radius 1 is 0.977 bits per heavy atom.